The van der Waals surface area contributed by atoms with Crippen LogP contribution in [0.3, 0.4) is 0 Å². The molecule has 2 aromatic rings. The van der Waals surface area contributed by atoms with Gasteiger partial charge in [0.25, 0.3) is 0 Å². The quantitative estimate of drug-likeness (QED) is 0.687. The van der Waals surface area contributed by atoms with Crippen molar-refractivity contribution in [2.75, 3.05) is 18.1 Å². The van der Waals surface area contributed by atoms with Gasteiger partial charge in [-0.25, -0.2) is 19.9 Å². The number of allylic oxidation sites excluding steroid dienone is 1. The Morgan fingerprint density at radius 2 is 2.10 bits per heavy atom. The van der Waals surface area contributed by atoms with E-state index in [-0.39, 0.29) is 0 Å². The lowest BCUT2D eigenvalue weighted by Gasteiger charge is -2.06. The van der Waals surface area contributed by atoms with Gasteiger partial charge in [-0.15, -0.1) is 0 Å². The molecule has 5 N–H and O–H groups in total. The van der Waals surface area contributed by atoms with Gasteiger partial charge in [0.05, 0.1) is 23.8 Å². The van der Waals surface area contributed by atoms with Crippen LogP contribution < -0.4 is 16.8 Å². The summed E-state index contributed by atoms with van der Waals surface area (Å²) >= 11 is 0. The molecule has 20 heavy (non-hydrogen) atoms. The first-order chi connectivity index (χ1) is 9.72. The van der Waals surface area contributed by atoms with E-state index in [1.165, 1.54) is 12.4 Å². The first-order valence-corrected chi connectivity index (χ1v) is 5.75. The zero-order chi connectivity index (χ0) is 14.4. The minimum Gasteiger partial charge on any atom is -0.403 e. The van der Waals surface area contributed by atoms with Crippen LogP contribution in [0, 0.1) is 0 Å². The van der Waals surface area contributed by atoms with Crippen LogP contribution in [0.1, 0.15) is 0 Å². The number of aromatic nitrogens is 4. The highest BCUT2D eigenvalue weighted by Gasteiger charge is 2.04. The van der Waals surface area contributed by atoms with Crippen LogP contribution >= 0.6 is 0 Å². The van der Waals surface area contributed by atoms with Gasteiger partial charge >= 0.3 is 0 Å². The lowest BCUT2D eigenvalue weighted by molar-refractivity contribution is 1.13. The highest BCUT2D eigenvalue weighted by Crippen LogP contribution is 2.14. The zero-order valence-electron chi connectivity index (χ0n) is 10.9. The number of hydrogen-bond acceptors (Lipinski definition) is 8. The van der Waals surface area contributed by atoms with E-state index >= 15 is 0 Å². The molecule has 8 nitrogen and oxygen atoms in total. The van der Waals surface area contributed by atoms with Gasteiger partial charge in [-0.1, -0.05) is 0 Å². The number of nitrogens with zero attached hydrogens (tertiary/aromatic N) is 5. The van der Waals surface area contributed by atoms with Gasteiger partial charge in [0.2, 0.25) is 5.95 Å². The molecule has 0 aromatic carbocycles. The van der Waals surface area contributed by atoms with Gasteiger partial charge in [-0.3, -0.25) is 4.99 Å². The van der Waals surface area contributed by atoms with Crippen molar-refractivity contribution in [3.63, 3.8) is 0 Å². The van der Waals surface area contributed by atoms with Crippen molar-refractivity contribution in [3.05, 3.63) is 36.6 Å². The molecule has 0 saturated carbocycles. The summed E-state index contributed by atoms with van der Waals surface area (Å²) in [5.74, 6) is 0.742. The maximum atomic E-state index is 5.50. The number of hydrogen-bond donors (Lipinski definition) is 3. The smallest absolute Gasteiger partial charge is 0.227 e. The van der Waals surface area contributed by atoms with Gasteiger partial charge < -0.3 is 16.8 Å². The van der Waals surface area contributed by atoms with Gasteiger partial charge in [0.1, 0.15) is 11.5 Å². The second kappa shape index (κ2) is 6.23. The molecule has 0 amide bonds. The minimum absolute atomic E-state index is 0.355. The normalized spacial score (nSPS) is 11.8. The van der Waals surface area contributed by atoms with Crippen molar-refractivity contribution < 1.29 is 0 Å². The minimum atomic E-state index is 0.355. The van der Waals surface area contributed by atoms with Gasteiger partial charge in [0, 0.05) is 25.7 Å². The highest BCUT2D eigenvalue weighted by atomic mass is 15.1. The Hall–Kier alpha value is -3.03. The Balaban J connectivity index is 2.26. The maximum Gasteiger partial charge on any atom is 0.227 e. The second-order valence-corrected chi connectivity index (χ2v) is 3.73. The summed E-state index contributed by atoms with van der Waals surface area (Å²) in [5.41, 5.74) is 12.8. The summed E-state index contributed by atoms with van der Waals surface area (Å²) in [5, 5.41) is 2.94. The molecule has 0 fully saturated rings. The molecular weight excluding hydrogens is 256 g/mol. The predicted molar refractivity (Wildman–Crippen MR) is 77.8 cm³/mol. The number of anilines is 2. The first-order valence-electron chi connectivity index (χ1n) is 5.75. The fourth-order valence-corrected chi connectivity index (χ4v) is 1.42. The van der Waals surface area contributed by atoms with Crippen molar-refractivity contribution in [1.82, 2.24) is 19.9 Å². The Labute approximate surface area is 115 Å². The molecule has 0 atom stereocenters. The summed E-state index contributed by atoms with van der Waals surface area (Å²) in [6.07, 6.45) is 7.58. The molecule has 8 heteroatoms. The van der Waals surface area contributed by atoms with Crippen LogP contribution in [0.4, 0.5) is 11.8 Å². The van der Waals surface area contributed by atoms with Crippen LogP contribution in [0.5, 0.6) is 0 Å². The monoisotopic (exact) mass is 270 g/mol. The fourth-order valence-electron chi connectivity index (χ4n) is 1.42. The third-order valence-corrected chi connectivity index (χ3v) is 2.29. The molecule has 0 bridgehead atoms. The number of nitrogen functional groups attached to an aromatic ring is 1. The molecular formula is C12H14N8. The molecule has 2 rings (SSSR count). The number of nitrogens with one attached hydrogen (secondary N) is 1. The van der Waals surface area contributed by atoms with E-state index in [0.717, 1.165) is 0 Å². The summed E-state index contributed by atoms with van der Waals surface area (Å²) in [7, 11) is 1.65. The van der Waals surface area contributed by atoms with E-state index in [4.69, 9.17) is 11.5 Å². The van der Waals surface area contributed by atoms with Crippen molar-refractivity contribution in [2.24, 2.45) is 10.7 Å². The maximum absolute atomic E-state index is 5.50. The van der Waals surface area contributed by atoms with E-state index in [1.807, 2.05) is 0 Å². The van der Waals surface area contributed by atoms with Gasteiger partial charge in [-0.2, -0.15) is 0 Å². The average molecular weight is 270 g/mol. The van der Waals surface area contributed by atoms with Gasteiger partial charge in [-0.05, 0) is 6.07 Å². The molecule has 0 aliphatic carbocycles. The SMILES string of the molecule is CN=CC(=CN)Nc1nccc(-c2cnc(N)cn2)n1. The first kappa shape index (κ1) is 13.4. The lowest BCUT2D eigenvalue weighted by Crippen LogP contribution is -2.07. The Morgan fingerprint density at radius 3 is 2.75 bits per heavy atom. The summed E-state index contributed by atoms with van der Waals surface area (Å²) in [4.78, 5) is 20.4. The number of nitrogens with two attached hydrogens (primary N) is 2. The Morgan fingerprint density at radius 1 is 1.25 bits per heavy atom. The molecule has 0 saturated heterocycles. The molecule has 2 heterocycles. The summed E-state index contributed by atoms with van der Waals surface area (Å²) < 4.78 is 0. The highest BCUT2D eigenvalue weighted by molar-refractivity contribution is 5.81. The topological polar surface area (TPSA) is 128 Å². The average Bonchev–Trinajstić information content (AvgIpc) is 2.48. The number of rotatable bonds is 4. The van der Waals surface area contributed by atoms with Crippen molar-refractivity contribution in [3.8, 4) is 11.4 Å². The largest absolute Gasteiger partial charge is 0.403 e. The third kappa shape index (κ3) is 3.25. The van der Waals surface area contributed by atoms with E-state index in [0.29, 0.717) is 28.9 Å². The Bertz CT molecular complexity index is 632. The van der Waals surface area contributed by atoms with Crippen LogP contribution in [0.15, 0.2) is 41.5 Å². The van der Waals surface area contributed by atoms with Crippen molar-refractivity contribution in [1.29, 1.82) is 0 Å². The molecule has 2 aromatic heterocycles. The van der Waals surface area contributed by atoms with Crippen LogP contribution in [0.25, 0.3) is 11.4 Å². The second-order valence-electron chi connectivity index (χ2n) is 3.73. The molecule has 102 valence electrons. The molecule has 0 aliphatic heterocycles. The van der Waals surface area contributed by atoms with E-state index in [2.05, 4.69) is 30.2 Å². The Kier molecular flexibility index (Phi) is 4.17. The fraction of sp³-hybridized carbons (Fsp3) is 0.0833. The van der Waals surface area contributed by atoms with Crippen molar-refractivity contribution >= 4 is 18.0 Å². The summed E-state index contributed by atoms with van der Waals surface area (Å²) in [6, 6.07) is 1.73. The van der Waals surface area contributed by atoms with Crippen LogP contribution in [0.2, 0.25) is 0 Å². The van der Waals surface area contributed by atoms with Crippen LogP contribution in [-0.2, 0) is 0 Å². The lowest BCUT2D eigenvalue weighted by atomic mass is 10.3. The van der Waals surface area contributed by atoms with Gasteiger partial charge in [0.15, 0.2) is 0 Å². The molecule has 0 aliphatic rings. The van der Waals surface area contributed by atoms with E-state index in [1.54, 1.807) is 31.7 Å². The molecule has 0 spiro atoms. The third-order valence-electron chi connectivity index (χ3n) is 2.29. The van der Waals surface area contributed by atoms with E-state index < -0.39 is 0 Å². The molecule has 0 unspecified atom stereocenters. The van der Waals surface area contributed by atoms with E-state index in [9.17, 15) is 0 Å². The summed E-state index contributed by atoms with van der Waals surface area (Å²) in [6.45, 7) is 0. The standard InChI is InChI=1S/C12H14N8/c1-15-5-8(4-13)19-12-16-3-2-9(20-12)10-6-18-11(14)7-17-10/h2-7H,13H2,1H3,(H2,14,18)(H,16,19,20). The van der Waals surface area contributed by atoms with Crippen molar-refractivity contribution in [2.45, 2.75) is 0 Å². The predicted octanol–water partition coefficient (Wildman–Crippen LogP) is 0.428. The molecule has 0 radical (unpaired) electrons. The zero-order valence-corrected chi connectivity index (χ0v) is 10.9. The number of aliphatic imine (C=N–C) groups is 1. The van der Waals surface area contributed by atoms with Crippen LogP contribution in [-0.4, -0.2) is 33.2 Å².